The highest BCUT2D eigenvalue weighted by Crippen LogP contribution is 2.34. The summed E-state index contributed by atoms with van der Waals surface area (Å²) in [5.41, 5.74) is 1.53. The number of methoxy groups -OCH3 is 1. The molecule has 92 valence electrons. The lowest BCUT2D eigenvalue weighted by molar-refractivity contribution is 0.218. The van der Waals surface area contributed by atoms with Crippen LogP contribution < -0.4 is 4.74 Å². The first-order valence-electron chi connectivity index (χ1n) is 5.67. The van der Waals surface area contributed by atoms with Crippen LogP contribution in [0, 0.1) is 6.92 Å². The molecule has 2 rings (SSSR count). The van der Waals surface area contributed by atoms with E-state index in [-0.39, 0.29) is 12.0 Å². The van der Waals surface area contributed by atoms with E-state index in [1.165, 1.54) is 0 Å². The minimum atomic E-state index is -0.285. The molecule has 0 radical (unpaired) electrons. The van der Waals surface area contributed by atoms with E-state index in [1.807, 2.05) is 39.0 Å². The zero-order chi connectivity index (χ0) is 12.6. The van der Waals surface area contributed by atoms with Gasteiger partial charge in [-0.25, -0.2) is 0 Å². The van der Waals surface area contributed by atoms with E-state index < -0.39 is 0 Å². The van der Waals surface area contributed by atoms with Gasteiger partial charge < -0.3 is 14.3 Å². The molecule has 3 nitrogen and oxygen atoms in total. The van der Waals surface area contributed by atoms with Gasteiger partial charge in [0.25, 0.3) is 0 Å². The highest BCUT2D eigenvalue weighted by atomic mass is 16.5. The van der Waals surface area contributed by atoms with Crippen molar-refractivity contribution >= 4 is 11.0 Å². The third kappa shape index (κ3) is 2.03. The van der Waals surface area contributed by atoms with Crippen LogP contribution in [0.4, 0.5) is 0 Å². The summed E-state index contributed by atoms with van der Waals surface area (Å²) in [6.07, 6.45) is 0. The maximum atomic E-state index is 9.42. The summed E-state index contributed by atoms with van der Waals surface area (Å²) in [6.45, 7) is 6.01. The molecule has 0 unspecified atom stereocenters. The number of benzene rings is 1. The lowest BCUT2D eigenvalue weighted by Gasteiger charge is -2.22. The van der Waals surface area contributed by atoms with Crippen LogP contribution in [0.3, 0.4) is 0 Å². The van der Waals surface area contributed by atoms with Crippen molar-refractivity contribution < 1.29 is 14.3 Å². The predicted octanol–water partition coefficient (Wildman–Crippen LogP) is 3.02. The topological polar surface area (TPSA) is 42.6 Å². The van der Waals surface area contributed by atoms with Crippen LogP contribution in [0.2, 0.25) is 0 Å². The highest BCUT2D eigenvalue weighted by molar-refractivity contribution is 5.85. The number of aliphatic hydroxyl groups is 1. The first-order chi connectivity index (χ1) is 7.97. The van der Waals surface area contributed by atoms with Gasteiger partial charge in [-0.3, -0.25) is 0 Å². The monoisotopic (exact) mass is 234 g/mol. The summed E-state index contributed by atoms with van der Waals surface area (Å²) >= 11 is 0. The third-order valence-electron chi connectivity index (χ3n) is 3.10. The molecule has 17 heavy (non-hydrogen) atoms. The zero-order valence-corrected chi connectivity index (χ0v) is 10.7. The fraction of sp³-hybridized carbons (Fsp3) is 0.429. The minimum absolute atomic E-state index is 0.0957. The average Bonchev–Trinajstić information content (AvgIpc) is 2.67. The Kier molecular flexibility index (Phi) is 2.87. The van der Waals surface area contributed by atoms with Crippen molar-refractivity contribution in [3.8, 4) is 5.75 Å². The summed E-state index contributed by atoms with van der Waals surface area (Å²) in [4.78, 5) is 0. The molecule has 0 aliphatic rings. The summed E-state index contributed by atoms with van der Waals surface area (Å²) < 4.78 is 10.9. The third-order valence-corrected chi connectivity index (χ3v) is 3.10. The van der Waals surface area contributed by atoms with E-state index >= 15 is 0 Å². The molecule has 3 heteroatoms. The number of aryl methyl sites for hydroxylation is 1. The SMILES string of the molecule is COc1cc(C(C)(C)CO)cc2cc(C)oc12. The molecule has 0 atom stereocenters. The van der Waals surface area contributed by atoms with E-state index in [0.717, 1.165) is 22.3 Å². The van der Waals surface area contributed by atoms with Crippen LogP contribution in [0.1, 0.15) is 25.2 Å². The Morgan fingerprint density at radius 3 is 2.59 bits per heavy atom. The number of ether oxygens (including phenoxy) is 1. The number of rotatable bonds is 3. The smallest absolute Gasteiger partial charge is 0.176 e. The second kappa shape index (κ2) is 4.08. The Balaban J connectivity index is 2.68. The largest absolute Gasteiger partial charge is 0.493 e. The molecule has 1 heterocycles. The Morgan fingerprint density at radius 1 is 1.29 bits per heavy atom. The maximum Gasteiger partial charge on any atom is 0.176 e. The summed E-state index contributed by atoms with van der Waals surface area (Å²) in [7, 11) is 1.63. The van der Waals surface area contributed by atoms with Crippen molar-refractivity contribution in [2.75, 3.05) is 13.7 Å². The standard InChI is InChI=1S/C14H18O3/c1-9-5-10-6-11(14(2,3)8-15)7-12(16-4)13(10)17-9/h5-7,15H,8H2,1-4H3. The molecule has 1 aromatic carbocycles. The molecule has 0 aliphatic heterocycles. The number of hydrogen-bond acceptors (Lipinski definition) is 3. The van der Waals surface area contributed by atoms with Crippen molar-refractivity contribution in [1.82, 2.24) is 0 Å². The first kappa shape index (κ1) is 12.0. The summed E-state index contributed by atoms with van der Waals surface area (Å²) in [5.74, 6) is 1.57. The van der Waals surface area contributed by atoms with Crippen molar-refractivity contribution in [1.29, 1.82) is 0 Å². The van der Waals surface area contributed by atoms with Crippen LogP contribution >= 0.6 is 0 Å². The molecule has 0 saturated heterocycles. The lowest BCUT2D eigenvalue weighted by atomic mass is 9.85. The van der Waals surface area contributed by atoms with Gasteiger partial charge in [-0.1, -0.05) is 13.8 Å². The van der Waals surface area contributed by atoms with E-state index in [4.69, 9.17) is 9.15 Å². The molecule has 0 aliphatic carbocycles. The Labute approximate surface area is 101 Å². The normalized spacial score (nSPS) is 12.1. The Morgan fingerprint density at radius 2 is 2.00 bits per heavy atom. The zero-order valence-electron chi connectivity index (χ0n) is 10.7. The minimum Gasteiger partial charge on any atom is -0.493 e. The van der Waals surface area contributed by atoms with Gasteiger partial charge in [0, 0.05) is 10.8 Å². The molecule has 1 aromatic heterocycles. The van der Waals surface area contributed by atoms with Crippen molar-refractivity contribution in [3.63, 3.8) is 0 Å². The highest BCUT2D eigenvalue weighted by Gasteiger charge is 2.22. The van der Waals surface area contributed by atoms with Crippen LogP contribution in [0.15, 0.2) is 22.6 Å². The van der Waals surface area contributed by atoms with E-state index in [2.05, 4.69) is 0 Å². The number of furan rings is 1. The van der Waals surface area contributed by atoms with E-state index in [0.29, 0.717) is 5.75 Å². The predicted molar refractivity (Wildman–Crippen MR) is 67.6 cm³/mol. The van der Waals surface area contributed by atoms with Crippen molar-refractivity contribution in [2.24, 2.45) is 0 Å². The van der Waals surface area contributed by atoms with Gasteiger partial charge in [0.15, 0.2) is 11.3 Å². The molecule has 0 fully saturated rings. The molecule has 0 amide bonds. The van der Waals surface area contributed by atoms with Crippen molar-refractivity contribution in [3.05, 3.63) is 29.5 Å². The van der Waals surface area contributed by atoms with Crippen LogP contribution in [-0.2, 0) is 5.41 Å². The molecule has 0 bridgehead atoms. The van der Waals surface area contributed by atoms with Gasteiger partial charge in [0.1, 0.15) is 5.76 Å². The van der Waals surface area contributed by atoms with E-state index in [1.54, 1.807) is 7.11 Å². The van der Waals surface area contributed by atoms with Crippen LogP contribution in [0.5, 0.6) is 5.75 Å². The second-order valence-electron chi connectivity index (χ2n) is 5.00. The lowest BCUT2D eigenvalue weighted by Crippen LogP contribution is -2.21. The Bertz CT molecular complexity index is 538. The summed E-state index contributed by atoms with van der Waals surface area (Å²) in [6, 6.07) is 5.96. The average molecular weight is 234 g/mol. The fourth-order valence-corrected chi connectivity index (χ4v) is 1.88. The van der Waals surface area contributed by atoms with Gasteiger partial charge in [-0.15, -0.1) is 0 Å². The molecule has 1 N–H and O–H groups in total. The molecular weight excluding hydrogens is 216 g/mol. The van der Waals surface area contributed by atoms with Gasteiger partial charge in [0.05, 0.1) is 13.7 Å². The Hall–Kier alpha value is -1.48. The first-order valence-corrected chi connectivity index (χ1v) is 5.67. The van der Waals surface area contributed by atoms with Gasteiger partial charge in [0.2, 0.25) is 0 Å². The number of aliphatic hydroxyl groups excluding tert-OH is 1. The van der Waals surface area contributed by atoms with Crippen LogP contribution in [-0.4, -0.2) is 18.8 Å². The molecule has 0 saturated carbocycles. The maximum absolute atomic E-state index is 9.42. The quantitative estimate of drug-likeness (QED) is 0.887. The van der Waals surface area contributed by atoms with Gasteiger partial charge in [-0.2, -0.15) is 0 Å². The van der Waals surface area contributed by atoms with Crippen LogP contribution in [0.25, 0.3) is 11.0 Å². The van der Waals surface area contributed by atoms with Gasteiger partial charge >= 0.3 is 0 Å². The second-order valence-corrected chi connectivity index (χ2v) is 5.00. The molecule has 2 aromatic rings. The molecule has 0 spiro atoms. The van der Waals surface area contributed by atoms with Crippen molar-refractivity contribution in [2.45, 2.75) is 26.2 Å². The van der Waals surface area contributed by atoms with Gasteiger partial charge in [-0.05, 0) is 30.7 Å². The van der Waals surface area contributed by atoms with E-state index in [9.17, 15) is 5.11 Å². The number of hydrogen-bond donors (Lipinski definition) is 1. The fourth-order valence-electron chi connectivity index (χ4n) is 1.88. The number of fused-ring (bicyclic) bond motifs is 1. The summed E-state index contributed by atoms with van der Waals surface area (Å²) in [5, 5.41) is 10.4. The molecular formula is C14H18O3.